The van der Waals surface area contributed by atoms with Crippen LogP contribution in [0.25, 0.3) is 0 Å². The number of carbonyl (C=O) groups excluding carboxylic acids is 1. The van der Waals surface area contributed by atoms with Gasteiger partial charge in [-0.05, 0) is 79.8 Å². The van der Waals surface area contributed by atoms with Crippen LogP contribution in [0.15, 0.2) is 65.6 Å². The fraction of sp³-hybridized carbons (Fsp3) is 0.240. The number of amides is 1. The van der Waals surface area contributed by atoms with Gasteiger partial charge < -0.3 is 10.1 Å². The smallest absolute Gasteiger partial charge is 0.262 e. The Morgan fingerprint density at radius 1 is 0.938 bits per heavy atom. The Hall–Kier alpha value is -3.32. The summed E-state index contributed by atoms with van der Waals surface area (Å²) in [7, 11) is -2.24. The van der Waals surface area contributed by atoms with E-state index in [9.17, 15) is 13.2 Å². The Morgan fingerprint density at radius 2 is 1.66 bits per heavy atom. The number of sulfonamides is 1. The van der Waals surface area contributed by atoms with E-state index in [-0.39, 0.29) is 10.8 Å². The first-order valence-corrected chi connectivity index (χ1v) is 11.8. The second-order valence-electron chi connectivity index (χ2n) is 7.69. The topological polar surface area (TPSA) is 84.5 Å². The van der Waals surface area contributed by atoms with Gasteiger partial charge in [-0.2, -0.15) is 0 Å². The first-order chi connectivity index (χ1) is 15.2. The van der Waals surface area contributed by atoms with Crippen LogP contribution < -0.4 is 14.8 Å². The molecule has 0 aliphatic carbocycles. The van der Waals surface area contributed by atoms with Crippen LogP contribution in [0, 0.1) is 20.8 Å². The van der Waals surface area contributed by atoms with Crippen LogP contribution >= 0.6 is 0 Å². The molecule has 0 saturated heterocycles. The molecule has 0 unspecified atom stereocenters. The molecule has 3 rings (SSSR count). The Morgan fingerprint density at radius 3 is 2.34 bits per heavy atom. The lowest BCUT2D eigenvalue weighted by atomic mass is 10.1. The molecule has 2 N–H and O–H groups in total. The lowest BCUT2D eigenvalue weighted by Crippen LogP contribution is -2.26. The second-order valence-corrected chi connectivity index (χ2v) is 9.34. The maximum atomic E-state index is 13.1. The van der Waals surface area contributed by atoms with Crippen LogP contribution in [0.5, 0.6) is 5.75 Å². The molecule has 0 bridgehead atoms. The first kappa shape index (κ1) is 23.3. The second kappa shape index (κ2) is 9.87. The molecule has 0 aromatic heterocycles. The van der Waals surface area contributed by atoms with Crippen LogP contribution in [0.2, 0.25) is 0 Å². The van der Waals surface area contributed by atoms with E-state index >= 15 is 0 Å². The number of nitrogens with one attached hydrogen (secondary N) is 2. The van der Waals surface area contributed by atoms with Crippen LogP contribution in [-0.4, -0.2) is 28.0 Å². The number of benzene rings is 3. The molecule has 0 fully saturated rings. The van der Waals surface area contributed by atoms with Gasteiger partial charge in [0.05, 0.1) is 17.7 Å². The monoisotopic (exact) mass is 452 g/mol. The number of aryl methyl sites for hydroxylation is 2. The average Bonchev–Trinajstić information content (AvgIpc) is 2.77. The number of hydrogen-bond donors (Lipinski definition) is 2. The van der Waals surface area contributed by atoms with Crippen molar-refractivity contribution in [2.45, 2.75) is 32.1 Å². The normalized spacial score (nSPS) is 11.1. The van der Waals surface area contributed by atoms with Gasteiger partial charge in [-0.3, -0.25) is 9.52 Å². The minimum Gasteiger partial charge on any atom is -0.497 e. The molecule has 0 saturated carbocycles. The Kier molecular flexibility index (Phi) is 7.20. The van der Waals surface area contributed by atoms with E-state index in [0.717, 1.165) is 22.4 Å². The fourth-order valence-electron chi connectivity index (χ4n) is 3.31. The average molecular weight is 453 g/mol. The zero-order valence-electron chi connectivity index (χ0n) is 18.7. The van der Waals surface area contributed by atoms with Crippen LogP contribution in [0.3, 0.4) is 0 Å². The lowest BCUT2D eigenvalue weighted by molar-refractivity contribution is 0.0954. The summed E-state index contributed by atoms with van der Waals surface area (Å²) in [6.07, 6.45) is 0.654. The summed E-state index contributed by atoms with van der Waals surface area (Å²) in [5.41, 5.74) is 4.31. The summed E-state index contributed by atoms with van der Waals surface area (Å²) in [5, 5.41) is 2.86. The molecule has 0 aliphatic heterocycles. The number of carbonyl (C=O) groups is 1. The van der Waals surface area contributed by atoms with Gasteiger partial charge in [-0.25, -0.2) is 8.42 Å². The van der Waals surface area contributed by atoms with Gasteiger partial charge in [0.2, 0.25) is 0 Å². The van der Waals surface area contributed by atoms with Crippen molar-refractivity contribution in [1.29, 1.82) is 0 Å². The predicted molar refractivity (Wildman–Crippen MR) is 127 cm³/mol. The van der Waals surface area contributed by atoms with Crippen LogP contribution in [0.4, 0.5) is 5.69 Å². The Labute approximate surface area is 189 Å². The van der Waals surface area contributed by atoms with Gasteiger partial charge >= 0.3 is 0 Å². The van der Waals surface area contributed by atoms with Gasteiger partial charge in [0.25, 0.3) is 15.9 Å². The number of rotatable bonds is 8. The van der Waals surface area contributed by atoms with Crippen molar-refractivity contribution in [2.75, 3.05) is 18.4 Å². The van der Waals surface area contributed by atoms with Gasteiger partial charge in [0, 0.05) is 12.1 Å². The molecule has 6 nitrogen and oxygen atoms in total. The molecular weight excluding hydrogens is 424 g/mol. The minimum absolute atomic E-state index is 0.0845. The Bertz CT molecular complexity index is 1220. The molecule has 0 atom stereocenters. The van der Waals surface area contributed by atoms with Gasteiger partial charge in [-0.15, -0.1) is 0 Å². The molecule has 1 amide bonds. The van der Waals surface area contributed by atoms with E-state index in [1.165, 1.54) is 6.07 Å². The van der Waals surface area contributed by atoms with E-state index in [1.54, 1.807) is 38.3 Å². The summed E-state index contributed by atoms with van der Waals surface area (Å²) in [5.74, 6) is 0.461. The zero-order chi connectivity index (χ0) is 23.3. The molecule has 0 aliphatic rings. The fourth-order valence-corrected chi connectivity index (χ4v) is 4.70. The third-order valence-electron chi connectivity index (χ3n) is 5.45. The van der Waals surface area contributed by atoms with Crippen LogP contribution in [0.1, 0.15) is 32.6 Å². The van der Waals surface area contributed by atoms with Gasteiger partial charge in [0.15, 0.2) is 0 Å². The maximum absolute atomic E-state index is 13.1. The molecule has 3 aromatic rings. The maximum Gasteiger partial charge on any atom is 0.262 e. The molecule has 168 valence electrons. The summed E-state index contributed by atoms with van der Waals surface area (Å²) in [6.45, 7) is 5.94. The first-order valence-electron chi connectivity index (χ1n) is 10.3. The van der Waals surface area contributed by atoms with Crippen molar-refractivity contribution in [1.82, 2.24) is 5.32 Å². The zero-order valence-corrected chi connectivity index (χ0v) is 19.5. The highest BCUT2D eigenvalue weighted by Gasteiger charge is 2.20. The lowest BCUT2D eigenvalue weighted by Gasteiger charge is -2.14. The standard InChI is InChI=1S/C25H28N2O4S/c1-17-6-5-7-23(19(17)3)27-32(29,30)24-16-21(11-8-18(24)2)25(28)26-15-14-20-9-12-22(31-4)13-10-20/h5-13,16,27H,14-15H2,1-4H3,(H,26,28). The minimum atomic E-state index is -3.85. The number of methoxy groups -OCH3 is 1. The summed E-state index contributed by atoms with van der Waals surface area (Å²) in [6, 6.07) is 17.8. The largest absolute Gasteiger partial charge is 0.497 e. The Balaban J connectivity index is 1.72. The molecule has 0 radical (unpaired) electrons. The highest BCUT2D eigenvalue weighted by atomic mass is 32.2. The van der Waals surface area contributed by atoms with Crippen molar-refractivity contribution in [3.63, 3.8) is 0 Å². The van der Waals surface area contributed by atoms with E-state index in [4.69, 9.17) is 4.74 Å². The van der Waals surface area contributed by atoms with Crippen molar-refractivity contribution < 1.29 is 17.9 Å². The van der Waals surface area contributed by atoms with E-state index in [1.807, 2.05) is 44.2 Å². The van der Waals surface area contributed by atoms with Gasteiger partial charge in [0.1, 0.15) is 5.75 Å². The quantitative estimate of drug-likeness (QED) is 0.531. The molecular formula is C25H28N2O4S. The van der Waals surface area contributed by atoms with E-state index in [2.05, 4.69) is 10.0 Å². The van der Waals surface area contributed by atoms with Crippen molar-refractivity contribution >= 4 is 21.6 Å². The third-order valence-corrected chi connectivity index (χ3v) is 6.95. The highest BCUT2D eigenvalue weighted by molar-refractivity contribution is 7.92. The molecule has 3 aromatic carbocycles. The number of hydrogen-bond acceptors (Lipinski definition) is 4. The third kappa shape index (κ3) is 5.48. The van der Waals surface area contributed by atoms with Crippen molar-refractivity contribution in [3.8, 4) is 5.75 Å². The molecule has 0 spiro atoms. The van der Waals surface area contributed by atoms with E-state index in [0.29, 0.717) is 29.8 Å². The number of anilines is 1. The highest BCUT2D eigenvalue weighted by Crippen LogP contribution is 2.24. The molecule has 7 heteroatoms. The summed E-state index contributed by atoms with van der Waals surface area (Å²) < 4.78 is 33.9. The van der Waals surface area contributed by atoms with E-state index < -0.39 is 10.0 Å². The SMILES string of the molecule is COc1ccc(CCNC(=O)c2ccc(C)c(S(=O)(=O)Nc3cccc(C)c3C)c2)cc1. The van der Waals surface area contributed by atoms with Crippen molar-refractivity contribution in [2.24, 2.45) is 0 Å². The van der Waals surface area contributed by atoms with Crippen molar-refractivity contribution in [3.05, 3.63) is 88.5 Å². The van der Waals surface area contributed by atoms with Crippen LogP contribution in [-0.2, 0) is 16.4 Å². The summed E-state index contributed by atoms with van der Waals surface area (Å²) in [4.78, 5) is 12.7. The summed E-state index contributed by atoms with van der Waals surface area (Å²) >= 11 is 0. The molecule has 32 heavy (non-hydrogen) atoms. The number of ether oxygens (including phenoxy) is 1. The van der Waals surface area contributed by atoms with Gasteiger partial charge in [-0.1, -0.05) is 30.3 Å². The predicted octanol–water partition coefficient (Wildman–Crippen LogP) is 4.39. The molecule has 0 heterocycles.